The summed E-state index contributed by atoms with van der Waals surface area (Å²) < 4.78 is 13.2. The molecule has 0 aliphatic rings. The number of carboxylic acids is 1. The summed E-state index contributed by atoms with van der Waals surface area (Å²) >= 11 is 0. The molecule has 19 heavy (non-hydrogen) atoms. The molecule has 1 aromatic rings. The van der Waals surface area contributed by atoms with Crippen molar-refractivity contribution < 1.29 is 19.1 Å². The molecule has 0 heterocycles. The minimum Gasteiger partial charge on any atom is -0.478 e. The number of benzene rings is 1. The van der Waals surface area contributed by atoms with Crippen molar-refractivity contribution >= 4 is 23.3 Å². The highest BCUT2D eigenvalue weighted by Gasteiger charge is 2.18. The lowest BCUT2D eigenvalue weighted by atomic mass is 10.1. The molecule has 0 bridgehead atoms. The number of aromatic carboxylic acids is 1. The molecule has 1 amide bonds. The van der Waals surface area contributed by atoms with E-state index in [4.69, 9.17) is 10.8 Å². The number of nitrogens with zero attached hydrogens (tertiary/aromatic N) is 1. The molecule has 104 valence electrons. The third kappa shape index (κ3) is 3.34. The van der Waals surface area contributed by atoms with E-state index in [1.54, 1.807) is 7.05 Å². The number of carbonyl (C=O) groups is 2. The molecule has 0 fully saturated rings. The number of anilines is 2. The van der Waals surface area contributed by atoms with Gasteiger partial charge in [-0.2, -0.15) is 0 Å². The van der Waals surface area contributed by atoms with Gasteiger partial charge in [-0.25, -0.2) is 9.18 Å². The standard InChI is InChI=1S/C12H16FN3O3/c1-3-16(2)9(17)6-15-8-5-4-7(13)11(14)10(8)12(18)19/h4-5,15H,3,6,14H2,1-2H3,(H,18,19). The first-order valence-corrected chi connectivity index (χ1v) is 5.67. The van der Waals surface area contributed by atoms with Crippen molar-refractivity contribution in [3.05, 3.63) is 23.5 Å². The van der Waals surface area contributed by atoms with Crippen LogP contribution in [0, 0.1) is 5.82 Å². The maximum absolute atomic E-state index is 13.2. The van der Waals surface area contributed by atoms with E-state index in [1.165, 1.54) is 11.0 Å². The fourth-order valence-electron chi connectivity index (χ4n) is 1.45. The van der Waals surface area contributed by atoms with Gasteiger partial charge in [0.05, 0.1) is 17.9 Å². The Labute approximate surface area is 110 Å². The molecule has 4 N–H and O–H groups in total. The number of hydrogen-bond donors (Lipinski definition) is 3. The number of carbonyl (C=O) groups excluding carboxylic acids is 1. The minimum atomic E-state index is -1.35. The third-order valence-electron chi connectivity index (χ3n) is 2.74. The molecule has 0 spiro atoms. The Morgan fingerprint density at radius 3 is 2.63 bits per heavy atom. The van der Waals surface area contributed by atoms with E-state index in [0.717, 1.165) is 6.07 Å². The van der Waals surface area contributed by atoms with Crippen LogP contribution in [0.5, 0.6) is 0 Å². The van der Waals surface area contributed by atoms with E-state index < -0.39 is 17.5 Å². The Morgan fingerprint density at radius 1 is 1.47 bits per heavy atom. The van der Waals surface area contributed by atoms with Crippen LogP contribution in [0.3, 0.4) is 0 Å². The molecule has 0 saturated carbocycles. The molecule has 0 aliphatic carbocycles. The fraction of sp³-hybridized carbons (Fsp3) is 0.333. The monoisotopic (exact) mass is 269 g/mol. The zero-order chi connectivity index (χ0) is 14.6. The van der Waals surface area contributed by atoms with Gasteiger partial charge in [0.15, 0.2) is 0 Å². The third-order valence-corrected chi connectivity index (χ3v) is 2.74. The van der Waals surface area contributed by atoms with Crippen LogP contribution >= 0.6 is 0 Å². The van der Waals surface area contributed by atoms with Gasteiger partial charge in [-0.3, -0.25) is 4.79 Å². The molecule has 0 radical (unpaired) electrons. The van der Waals surface area contributed by atoms with Crippen LogP contribution in [-0.4, -0.2) is 42.0 Å². The van der Waals surface area contributed by atoms with Crippen molar-refractivity contribution in [3.8, 4) is 0 Å². The molecular formula is C12H16FN3O3. The number of likely N-dealkylation sites (N-methyl/N-ethyl adjacent to an activating group) is 1. The second kappa shape index (κ2) is 6.03. The molecule has 1 rings (SSSR count). The number of rotatable bonds is 5. The number of hydrogen-bond acceptors (Lipinski definition) is 4. The lowest BCUT2D eigenvalue weighted by molar-refractivity contribution is -0.127. The Bertz CT molecular complexity index is 505. The van der Waals surface area contributed by atoms with Crippen LogP contribution < -0.4 is 11.1 Å². The molecule has 0 saturated heterocycles. The topological polar surface area (TPSA) is 95.7 Å². The number of halogens is 1. The zero-order valence-electron chi connectivity index (χ0n) is 10.7. The van der Waals surface area contributed by atoms with Crippen molar-refractivity contribution in [2.75, 3.05) is 31.2 Å². The summed E-state index contributed by atoms with van der Waals surface area (Å²) in [6.07, 6.45) is 0. The van der Waals surface area contributed by atoms with Crippen LogP contribution in [0.4, 0.5) is 15.8 Å². The van der Waals surface area contributed by atoms with Crippen LogP contribution in [0.25, 0.3) is 0 Å². The predicted molar refractivity (Wildman–Crippen MR) is 69.6 cm³/mol. The van der Waals surface area contributed by atoms with Gasteiger partial charge in [-0.1, -0.05) is 0 Å². The Kier molecular flexibility index (Phi) is 4.68. The molecular weight excluding hydrogens is 253 g/mol. The largest absolute Gasteiger partial charge is 0.478 e. The van der Waals surface area contributed by atoms with E-state index >= 15 is 0 Å². The number of carboxylic acid groups (broad SMARTS) is 1. The smallest absolute Gasteiger partial charge is 0.340 e. The van der Waals surface area contributed by atoms with Gasteiger partial charge in [0.2, 0.25) is 5.91 Å². The maximum atomic E-state index is 13.2. The Hall–Kier alpha value is -2.31. The summed E-state index contributed by atoms with van der Waals surface area (Å²) in [6, 6.07) is 2.30. The normalized spacial score (nSPS) is 10.1. The number of nitrogen functional groups attached to an aromatic ring is 1. The zero-order valence-corrected chi connectivity index (χ0v) is 10.7. The summed E-state index contributed by atoms with van der Waals surface area (Å²) in [7, 11) is 1.63. The predicted octanol–water partition coefficient (Wildman–Crippen LogP) is 0.996. The van der Waals surface area contributed by atoms with Crippen LogP contribution in [0.2, 0.25) is 0 Å². The molecule has 0 atom stereocenters. The van der Waals surface area contributed by atoms with Crippen molar-refractivity contribution in [3.63, 3.8) is 0 Å². The van der Waals surface area contributed by atoms with Crippen LogP contribution in [0.1, 0.15) is 17.3 Å². The summed E-state index contributed by atoms with van der Waals surface area (Å²) in [6.45, 7) is 2.27. The quantitative estimate of drug-likeness (QED) is 0.693. The highest BCUT2D eigenvalue weighted by molar-refractivity contribution is 6.00. The average Bonchev–Trinajstić information content (AvgIpc) is 2.38. The SMILES string of the molecule is CCN(C)C(=O)CNc1ccc(F)c(N)c1C(=O)O. The first-order chi connectivity index (χ1) is 8.88. The minimum absolute atomic E-state index is 0.0876. The van der Waals surface area contributed by atoms with E-state index in [2.05, 4.69) is 5.32 Å². The second-order valence-electron chi connectivity index (χ2n) is 3.95. The fourth-order valence-corrected chi connectivity index (χ4v) is 1.45. The maximum Gasteiger partial charge on any atom is 0.340 e. The highest BCUT2D eigenvalue weighted by Crippen LogP contribution is 2.24. The summed E-state index contributed by atoms with van der Waals surface area (Å²) in [4.78, 5) is 24.1. The van der Waals surface area contributed by atoms with E-state index in [1.807, 2.05) is 6.92 Å². The number of nitrogens with two attached hydrogens (primary N) is 1. The van der Waals surface area contributed by atoms with Crippen molar-refractivity contribution in [1.82, 2.24) is 4.90 Å². The summed E-state index contributed by atoms with van der Waals surface area (Å²) in [5.41, 5.74) is 4.68. The lowest BCUT2D eigenvalue weighted by Gasteiger charge is -2.16. The van der Waals surface area contributed by atoms with Gasteiger partial charge in [0, 0.05) is 13.6 Å². The molecule has 0 aromatic heterocycles. The van der Waals surface area contributed by atoms with E-state index in [9.17, 15) is 14.0 Å². The van der Waals surface area contributed by atoms with Crippen LogP contribution in [0.15, 0.2) is 12.1 Å². The number of nitrogens with one attached hydrogen (secondary N) is 1. The van der Waals surface area contributed by atoms with Crippen molar-refractivity contribution in [2.24, 2.45) is 0 Å². The van der Waals surface area contributed by atoms with E-state index in [-0.39, 0.29) is 23.7 Å². The summed E-state index contributed by atoms with van der Waals surface area (Å²) in [5.74, 6) is -2.36. The Morgan fingerprint density at radius 2 is 2.11 bits per heavy atom. The van der Waals surface area contributed by atoms with Crippen molar-refractivity contribution in [1.29, 1.82) is 0 Å². The first kappa shape index (κ1) is 14.7. The molecule has 0 aliphatic heterocycles. The molecule has 7 heteroatoms. The average molecular weight is 269 g/mol. The van der Waals surface area contributed by atoms with Gasteiger partial charge in [-0.05, 0) is 19.1 Å². The highest BCUT2D eigenvalue weighted by atomic mass is 19.1. The second-order valence-corrected chi connectivity index (χ2v) is 3.95. The lowest BCUT2D eigenvalue weighted by Crippen LogP contribution is -2.32. The van der Waals surface area contributed by atoms with Crippen LogP contribution in [-0.2, 0) is 4.79 Å². The number of amides is 1. The van der Waals surface area contributed by atoms with Crippen molar-refractivity contribution in [2.45, 2.75) is 6.92 Å². The first-order valence-electron chi connectivity index (χ1n) is 5.67. The Balaban J connectivity index is 2.93. The van der Waals surface area contributed by atoms with Gasteiger partial charge >= 0.3 is 5.97 Å². The van der Waals surface area contributed by atoms with Gasteiger partial charge in [-0.15, -0.1) is 0 Å². The van der Waals surface area contributed by atoms with Gasteiger partial charge < -0.3 is 21.1 Å². The molecule has 0 unspecified atom stereocenters. The molecule has 6 nitrogen and oxygen atoms in total. The van der Waals surface area contributed by atoms with Gasteiger partial charge in [0.25, 0.3) is 0 Å². The molecule has 1 aromatic carbocycles. The summed E-state index contributed by atoms with van der Waals surface area (Å²) in [5, 5.41) is 11.7. The van der Waals surface area contributed by atoms with Gasteiger partial charge in [0.1, 0.15) is 11.4 Å². The van der Waals surface area contributed by atoms with E-state index in [0.29, 0.717) is 6.54 Å².